The van der Waals surface area contributed by atoms with Crippen LogP contribution in [-0.4, -0.2) is 83.0 Å². The van der Waals surface area contributed by atoms with Crippen LogP contribution in [0.25, 0.3) is 28.6 Å². The number of aromatic hydroxyl groups is 2. The molecule has 5 atom stereocenters. The lowest BCUT2D eigenvalue weighted by molar-refractivity contribution is -0.285. The van der Waals surface area contributed by atoms with Crippen molar-refractivity contribution in [2.45, 2.75) is 30.7 Å². The molecule has 2 aliphatic rings. The summed E-state index contributed by atoms with van der Waals surface area (Å²) in [6.45, 7) is -0.490. The number of aliphatic hydroxyl groups excluding tert-OH is 3. The molecule has 0 saturated carbocycles. The molecule has 6 rings (SSSR count). The van der Waals surface area contributed by atoms with Crippen LogP contribution in [-0.2, 0) is 19.0 Å². The van der Waals surface area contributed by atoms with E-state index in [1.54, 1.807) is 36.4 Å². The zero-order valence-electron chi connectivity index (χ0n) is 25.1. The molecule has 13 heteroatoms. The number of phenols is 2. The molecular weight excluding hydrogens is 616 g/mol. The first-order valence-corrected chi connectivity index (χ1v) is 14.4. The Balaban J connectivity index is 1.32. The summed E-state index contributed by atoms with van der Waals surface area (Å²) >= 11 is 0. The lowest BCUT2D eigenvalue weighted by atomic mass is 9.98. The van der Waals surface area contributed by atoms with Crippen LogP contribution in [0.15, 0.2) is 77.4 Å². The number of esters is 1. The highest BCUT2D eigenvalue weighted by atomic mass is 16.7. The van der Waals surface area contributed by atoms with Crippen LogP contribution < -0.4 is 14.2 Å². The Morgan fingerprint density at radius 1 is 0.936 bits per heavy atom. The van der Waals surface area contributed by atoms with Gasteiger partial charge in [-0.05, 0) is 48.0 Å². The van der Waals surface area contributed by atoms with E-state index in [-0.39, 0.29) is 34.5 Å². The fourth-order valence-corrected chi connectivity index (χ4v) is 5.25. The minimum Gasteiger partial charge on any atom is -0.508 e. The van der Waals surface area contributed by atoms with Gasteiger partial charge in [0, 0.05) is 29.3 Å². The van der Waals surface area contributed by atoms with Crippen molar-refractivity contribution in [1.29, 1.82) is 0 Å². The van der Waals surface area contributed by atoms with E-state index < -0.39 is 43.3 Å². The molecule has 47 heavy (non-hydrogen) atoms. The van der Waals surface area contributed by atoms with Gasteiger partial charge >= 0.3 is 17.8 Å². The van der Waals surface area contributed by atoms with Gasteiger partial charge in [-0.25, -0.2) is 9.21 Å². The number of ether oxygens (including phenoxy) is 6. The molecule has 3 aromatic carbocycles. The molecule has 0 amide bonds. The highest BCUT2D eigenvalue weighted by molar-refractivity contribution is 6.02. The molecule has 1 aromatic heterocycles. The fourth-order valence-electron chi connectivity index (χ4n) is 5.25. The van der Waals surface area contributed by atoms with Gasteiger partial charge in [0.2, 0.25) is 12.0 Å². The van der Waals surface area contributed by atoms with Crippen LogP contribution in [0.3, 0.4) is 0 Å². The molecule has 0 spiro atoms. The third kappa shape index (κ3) is 6.24. The Morgan fingerprint density at radius 2 is 1.66 bits per heavy atom. The van der Waals surface area contributed by atoms with Crippen molar-refractivity contribution >= 4 is 34.5 Å². The molecule has 0 radical (unpaired) electrons. The van der Waals surface area contributed by atoms with Gasteiger partial charge in [-0.2, -0.15) is 0 Å². The van der Waals surface area contributed by atoms with Gasteiger partial charge in [-0.15, -0.1) is 0 Å². The monoisotopic (exact) mass is 647 g/mol. The van der Waals surface area contributed by atoms with Gasteiger partial charge in [0.05, 0.1) is 14.2 Å². The summed E-state index contributed by atoms with van der Waals surface area (Å²) in [5.74, 6) is -0.178. The number of hydrogen-bond acceptors (Lipinski definition) is 12. The second-order valence-electron chi connectivity index (χ2n) is 10.6. The first-order chi connectivity index (χ1) is 22.7. The normalized spacial score (nSPS) is 22.2. The molecule has 0 unspecified atom stereocenters. The topological polar surface area (TPSA) is 185 Å². The Morgan fingerprint density at radius 3 is 2.36 bits per heavy atom. The van der Waals surface area contributed by atoms with Crippen LogP contribution in [0.5, 0.6) is 28.7 Å². The number of aliphatic hydroxyl groups is 3. The summed E-state index contributed by atoms with van der Waals surface area (Å²) in [6, 6.07) is 15.9. The molecule has 1 fully saturated rings. The van der Waals surface area contributed by atoms with E-state index >= 15 is 0 Å². The molecular formula is C34H31O13+. The molecule has 1 saturated heterocycles. The molecule has 244 valence electrons. The predicted molar refractivity (Wildman–Crippen MR) is 165 cm³/mol. The maximum Gasteiger partial charge on any atom is 0.364 e. The number of methoxy groups -OCH3 is 2. The lowest BCUT2D eigenvalue weighted by Crippen LogP contribution is -2.59. The van der Waals surface area contributed by atoms with Gasteiger partial charge in [-0.3, -0.25) is 0 Å². The Kier molecular flexibility index (Phi) is 8.87. The van der Waals surface area contributed by atoms with Gasteiger partial charge in [-0.1, -0.05) is 12.1 Å². The van der Waals surface area contributed by atoms with E-state index in [2.05, 4.69) is 0 Å². The standard InChI is InChI=1S/C34H30O13/c1-41-23-14-18(15-24(42-2)28(23)37)32-33(20-12-13-43-21-4-3-5-22(45-32)27(20)21)47-34-31(40)30(39)29(38)25(46-34)16-44-26(36)11-8-17-6-9-19(35)10-7-17/h3-15,25,29-31,34,38-40H,16H2,1-2H3,(H-,35,36,37)/p+1/t25-,29-,30+,31-,34+/m1/s1. The van der Waals surface area contributed by atoms with Gasteiger partial charge in [0.25, 0.3) is 0 Å². The van der Waals surface area contributed by atoms with E-state index in [1.165, 1.54) is 50.8 Å². The Labute approximate surface area is 267 Å². The van der Waals surface area contributed by atoms with Gasteiger partial charge in [0.15, 0.2) is 23.0 Å². The smallest absolute Gasteiger partial charge is 0.364 e. The maximum absolute atomic E-state index is 12.4. The summed E-state index contributed by atoms with van der Waals surface area (Å²) in [7, 11) is 2.75. The first-order valence-electron chi connectivity index (χ1n) is 14.4. The van der Waals surface area contributed by atoms with Crippen molar-refractivity contribution in [1.82, 2.24) is 0 Å². The predicted octanol–water partition coefficient (Wildman–Crippen LogP) is 3.44. The summed E-state index contributed by atoms with van der Waals surface area (Å²) in [6.07, 6.45) is -3.95. The van der Waals surface area contributed by atoms with Crippen LogP contribution in [0.4, 0.5) is 0 Å². The van der Waals surface area contributed by atoms with E-state index in [1.807, 2.05) is 0 Å². The highest BCUT2D eigenvalue weighted by Crippen LogP contribution is 2.47. The van der Waals surface area contributed by atoms with Crippen molar-refractivity contribution < 1.29 is 63.2 Å². The summed E-state index contributed by atoms with van der Waals surface area (Å²) in [5, 5.41) is 52.9. The lowest BCUT2D eigenvalue weighted by Gasteiger charge is -2.40. The van der Waals surface area contributed by atoms with Crippen molar-refractivity contribution in [3.8, 4) is 28.7 Å². The fraction of sp³-hybridized carbons (Fsp3) is 0.235. The van der Waals surface area contributed by atoms with E-state index in [0.717, 1.165) is 6.08 Å². The van der Waals surface area contributed by atoms with Crippen LogP contribution in [0.1, 0.15) is 16.7 Å². The molecule has 3 heterocycles. The van der Waals surface area contributed by atoms with Crippen LogP contribution >= 0.6 is 0 Å². The zero-order chi connectivity index (χ0) is 33.2. The highest BCUT2D eigenvalue weighted by Gasteiger charge is 2.46. The number of carbonyl (C=O) groups is 1. The van der Waals surface area contributed by atoms with Gasteiger partial charge < -0.3 is 54.0 Å². The van der Waals surface area contributed by atoms with Crippen molar-refractivity contribution in [3.05, 3.63) is 89.7 Å². The van der Waals surface area contributed by atoms with E-state index in [0.29, 0.717) is 33.4 Å². The number of carbonyl (C=O) groups excluding carboxylic acids is 1. The minimum absolute atomic E-state index is 0.0551. The number of rotatable bonds is 9. The Hall–Kier alpha value is -5.34. The van der Waals surface area contributed by atoms with E-state index in [4.69, 9.17) is 32.8 Å². The molecule has 4 aromatic rings. The van der Waals surface area contributed by atoms with E-state index in [9.17, 15) is 30.3 Å². The molecule has 5 N–H and O–H groups in total. The second-order valence-corrected chi connectivity index (χ2v) is 10.6. The molecule has 0 aliphatic carbocycles. The molecule has 0 bridgehead atoms. The zero-order valence-corrected chi connectivity index (χ0v) is 25.1. The summed E-state index contributed by atoms with van der Waals surface area (Å²) in [4.78, 5) is 12.4. The number of benzene rings is 3. The number of phenolic OH excluding ortho intramolecular Hbond substituents is 2. The third-order valence-corrected chi connectivity index (χ3v) is 7.69. The Bertz CT molecular complexity index is 1820. The van der Waals surface area contributed by atoms with Gasteiger partial charge in [0.1, 0.15) is 47.9 Å². The van der Waals surface area contributed by atoms with Crippen LogP contribution in [0.2, 0.25) is 0 Å². The van der Waals surface area contributed by atoms with Crippen LogP contribution in [0, 0.1) is 0 Å². The molecule has 2 aliphatic heterocycles. The average Bonchev–Trinajstić information content (AvgIpc) is 3.08. The largest absolute Gasteiger partial charge is 0.508 e. The maximum atomic E-state index is 12.4. The second kappa shape index (κ2) is 13.2. The summed E-state index contributed by atoms with van der Waals surface area (Å²) in [5.41, 5.74) is 1.93. The molecule has 13 nitrogen and oxygen atoms in total. The third-order valence-electron chi connectivity index (χ3n) is 7.69. The quantitative estimate of drug-likeness (QED) is 0.101. The van der Waals surface area contributed by atoms with Crippen molar-refractivity contribution in [3.63, 3.8) is 0 Å². The summed E-state index contributed by atoms with van der Waals surface area (Å²) < 4.78 is 40.0. The van der Waals surface area contributed by atoms with Crippen molar-refractivity contribution in [2.75, 3.05) is 20.8 Å². The first kappa shape index (κ1) is 31.6. The SMILES string of the molecule is COc1cc(C2=C(O[C@@H]3O[C@H](COC(=O)C=Cc4ccc(O)cc4)[C@@H](O)[C@H](O)[C@H]3O)c3cc[o+]c4cccc(c34)O2)cc(OC)c1O. The average molecular weight is 648 g/mol. The van der Waals surface area contributed by atoms with Crippen molar-refractivity contribution in [2.24, 2.45) is 0 Å². The number of hydrogen-bond donors (Lipinski definition) is 5. The minimum atomic E-state index is -1.75.